The minimum Gasteiger partial charge on any atom is -0.353 e. The van der Waals surface area contributed by atoms with Crippen LogP contribution in [-0.4, -0.2) is 47.0 Å². The van der Waals surface area contributed by atoms with Crippen molar-refractivity contribution in [3.05, 3.63) is 41.2 Å². The van der Waals surface area contributed by atoms with Gasteiger partial charge in [-0.3, -0.25) is 4.79 Å². The second-order valence-corrected chi connectivity index (χ2v) is 7.47. The summed E-state index contributed by atoms with van der Waals surface area (Å²) in [7, 11) is 0. The van der Waals surface area contributed by atoms with E-state index in [1.54, 1.807) is 6.92 Å². The van der Waals surface area contributed by atoms with Crippen LogP contribution in [0, 0.1) is 13.8 Å². The van der Waals surface area contributed by atoms with E-state index in [0.717, 1.165) is 49.3 Å². The summed E-state index contributed by atoms with van der Waals surface area (Å²) in [6, 6.07) is 8.38. The highest BCUT2D eigenvalue weighted by atomic mass is 16.2. The van der Waals surface area contributed by atoms with Crippen LogP contribution < -0.4 is 10.2 Å². The van der Waals surface area contributed by atoms with Crippen molar-refractivity contribution in [3.8, 4) is 0 Å². The number of hydrogen-bond donors (Lipinski definition) is 1. The fraction of sp³-hybridized carbons (Fsp3) is 0.476. The summed E-state index contributed by atoms with van der Waals surface area (Å²) in [6.07, 6.45) is 0. The molecule has 6 heteroatoms. The molecule has 0 aliphatic carbocycles. The predicted molar refractivity (Wildman–Crippen MR) is 110 cm³/mol. The number of carbonyl (C=O) groups is 1. The van der Waals surface area contributed by atoms with Crippen LogP contribution in [0.4, 0.5) is 17.3 Å². The average Bonchev–Trinajstić information content (AvgIpc) is 2.63. The molecule has 1 aliphatic heterocycles. The quantitative estimate of drug-likeness (QED) is 0.894. The third kappa shape index (κ3) is 4.38. The molecule has 1 aliphatic rings. The van der Waals surface area contributed by atoms with E-state index >= 15 is 0 Å². The Morgan fingerprint density at radius 1 is 1.11 bits per heavy atom. The molecule has 3 rings (SSSR count). The third-order valence-corrected chi connectivity index (χ3v) is 5.05. The van der Waals surface area contributed by atoms with E-state index in [0.29, 0.717) is 5.92 Å². The number of hydrogen-bond acceptors (Lipinski definition) is 5. The summed E-state index contributed by atoms with van der Waals surface area (Å²) in [5.74, 6) is 3.02. The fourth-order valence-electron chi connectivity index (χ4n) is 3.50. The lowest BCUT2D eigenvalue weighted by atomic mass is 9.98. The van der Waals surface area contributed by atoms with Gasteiger partial charge in [-0.2, -0.15) is 0 Å². The molecule has 2 aromatic rings. The summed E-state index contributed by atoms with van der Waals surface area (Å²) >= 11 is 0. The van der Waals surface area contributed by atoms with Crippen molar-refractivity contribution in [1.29, 1.82) is 0 Å². The van der Waals surface area contributed by atoms with Crippen molar-refractivity contribution in [2.45, 2.75) is 40.5 Å². The normalized spacial score (nSPS) is 14.6. The van der Waals surface area contributed by atoms with Crippen LogP contribution in [0.3, 0.4) is 0 Å². The van der Waals surface area contributed by atoms with E-state index in [2.05, 4.69) is 59.2 Å². The summed E-state index contributed by atoms with van der Waals surface area (Å²) in [5.41, 5.74) is 3.61. The minimum atomic E-state index is 0.136. The summed E-state index contributed by atoms with van der Waals surface area (Å²) in [4.78, 5) is 24.9. The topological polar surface area (TPSA) is 61.4 Å². The van der Waals surface area contributed by atoms with Crippen LogP contribution in [-0.2, 0) is 4.79 Å². The molecule has 0 unspecified atom stereocenters. The minimum absolute atomic E-state index is 0.136. The first-order chi connectivity index (χ1) is 12.8. The molecule has 1 N–H and O–H groups in total. The second-order valence-electron chi connectivity index (χ2n) is 7.47. The van der Waals surface area contributed by atoms with Gasteiger partial charge in [0.15, 0.2) is 0 Å². The van der Waals surface area contributed by atoms with Crippen LogP contribution in [0.5, 0.6) is 0 Å². The van der Waals surface area contributed by atoms with Crippen molar-refractivity contribution < 1.29 is 4.79 Å². The van der Waals surface area contributed by atoms with E-state index in [9.17, 15) is 4.79 Å². The van der Waals surface area contributed by atoms with Crippen LogP contribution in [0.15, 0.2) is 24.3 Å². The lowest BCUT2D eigenvalue weighted by molar-refractivity contribution is -0.129. The Morgan fingerprint density at radius 2 is 1.81 bits per heavy atom. The Labute approximate surface area is 161 Å². The summed E-state index contributed by atoms with van der Waals surface area (Å²) in [6.45, 7) is 13.1. The van der Waals surface area contributed by atoms with Crippen LogP contribution in [0.2, 0.25) is 0 Å². The Morgan fingerprint density at radius 3 is 2.44 bits per heavy atom. The van der Waals surface area contributed by atoms with Crippen LogP contribution in [0.25, 0.3) is 0 Å². The van der Waals surface area contributed by atoms with Gasteiger partial charge in [0.1, 0.15) is 17.5 Å². The zero-order valence-electron chi connectivity index (χ0n) is 16.9. The van der Waals surface area contributed by atoms with E-state index in [-0.39, 0.29) is 5.91 Å². The standard InChI is InChI=1S/C21H29N5O/c1-14(2)18-8-6-7-15(3)21(18)24-19-13-20(23-16(4)22-19)26-11-9-25(10-12-26)17(5)27/h6-8,13-14H,9-12H2,1-5H3,(H,22,23,24). The van der Waals surface area contributed by atoms with Gasteiger partial charge >= 0.3 is 0 Å². The van der Waals surface area contributed by atoms with Gasteiger partial charge in [0, 0.05) is 44.9 Å². The lowest BCUT2D eigenvalue weighted by Crippen LogP contribution is -2.48. The maximum absolute atomic E-state index is 11.5. The molecule has 1 aromatic carbocycles. The molecular weight excluding hydrogens is 338 g/mol. The molecule has 1 fully saturated rings. The summed E-state index contributed by atoms with van der Waals surface area (Å²) in [5, 5.41) is 3.53. The van der Waals surface area contributed by atoms with Crippen molar-refractivity contribution in [2.75, 3.05) is 36.4 Å². The van der Waals surface area contributed by atoms with Crippen molar-refractivity contribution in [2.24, 2.45) is 0 Å². The molecule has 0 radical (unpaired) electrons. The fourth-order valence-corrected chi connectivity index (χ4v) is 3.50. The predicted octanol–water partition coefficient (Wildman–Crippen LogP) is 3.63. The molecule has 6 nitrogen and oxygen atoms in total. The maximum atomic E-state index is 11.5. The van der Waals surface area contributed by atoms with E-state index in [4.69, 9.17) is 0 Å². The van der Waals surface area contributed by atoms with Crippen molar-refractivity contribution in [3.63, 3.8) is 0 Å². The molecule has 0 atom stereocenters. The Balaban J connectivity index is 1.84. The molecular formula is C21H29N5O. The number of carbonyl (C=O) groups excluding carboxylic acids is 1. The molecule has 1 aromatic heterocycles. The first kappa shape index (κ1) is 19.1. The second kappa shape index (κ2) is 7.94. The number of piperazine rings is 1. The van der Waals surface area contributed by atoms with Gasteiger partial charge < -0.3 is 15.1 Å². The summed E-state index contributed by atoms with van der Waals surface area (Å²) < 4.78 is 0. The third-order valence-electron chi connectivity index (χ3n) is 5.05. The van der Waals surface area contributed by atoms with Crippen molar-refractivity contribution in [1.82, 2.24) is 14.9 Å². The van der Waals surface area contributed by atoms with Gasteiger partial charge in [0.05, 0.1) is 0 Å². The molecule has 0 spiro atoms. The zero-order chi connectivity index (χ0) is 19.6. The zero-order valence-corrected chi connectivity index (χ0v) is 16.9. The number of aryl methyl sites for hydroxylation is 2. The van der Waals surface area contributed by atoms with Gasteiger partial charge in [-0.05, 0) is 30.9 Å². The number of anilines is 3. The SMILES string of the molecule is CC(=O)N1CCN(c2cc(Nc3c(C)cccc3C(C)C)nc(C)n2)CC1. The van der Waals surface area contributed by atoms with Crippen molar-refractivity contribution >= 4 is 23.2 Å². The van der Waals surface area contributed by atoms with E-state index < -0.39 is 0 Å². The molecule has 0 saturated carbocycles. The molecule has 1 amide bonds. The number of amides is 1. The maximum Gasteiger partial charge on any atom is 0.219 e. The highest BCUT2D eigenvalue weighted by Crippen LogP contribution is 2.30. The van der Waals surface area contributed by atoms with Gasteiger partial charge in [-0.1, -0.05) is 32.0 Å². The highest BCUT2D eigenvalue weighted by molar-refractivity contribution is 5.73. The lowest BCUT2D eigenvalue weighted by Gasteiger charge is -2.35. The molecule has 0 bridgehead atoms. The Hall–Kier alpha value is -2.63. The van der Waals surface area contributed by atoms with Gasteiger partial charge in [0.2, 0.25) is 5.91 Å². The number of para-hydroxylation sites is 1. The molecule has 27 heavy (non-hydrogen) atoms. The first-order valence-corrected chi connectivity index (χ1v) is 9.58. The molecule has 144 valence electrons. The van der Waals surface area contributed by atoms with Gasteiger partial charge in [-0.15, -0.1) is 0 Å². The van der Waals surface area contributed by atoms with Gasteiger partial charge in [-0.25, -0.2) is 9.97 Å². The Bertz CT molecular complexity index is 825. The number of nitrogens with zero attached hydrogens (tertiary/aromatic N) is 4. The number of nitrogens with one attached hydrogen (secondary N) is 1. The van der Waals surface area contributed by atoms with Gasteiger partial charge in [0.25, 0.3) is 0 Å². The van der Waals surface area contributed by atoms with Crippen LogP contribution in [0.1, 0.15) is 43.6 Å². The Kier molecular flexibility index (Phi) is 5.63. The van der Waals surface area contributed by atoms with E-state index in [1.807, 2.05) is 17.9 Å². The first-order valence-electron chi connectivity index (χ1n) is 9.58. The monoisotopic (exact) mass is 367 g/mol. The highest BCUT2D eigenvalue weighted by Gasteiger charge is 2.20. The number of benzene rings is 1. The average molecular weight is 367 g/mol. The number of rotatable bonds is 4. The molecule has 1 saturated heterocycles. The van der Waals surface area contributed by atoms with E-state index in [1.165, 1.54) is 11.1 Å². The molecule has 2 heterocycles. The smallest absolute Gasteiger partial charge is 0.219 e. The number of aromatic nitrogens is 2. The van der Waals surface area contributed by atoms with Crippen LogP contribution >= 0.6 is 0 Å². The largest absolute Gasteiger partial charge is 0.353 e.